The molecule has 2 heterocycles. The lowest BCUT2D eigenvalue weighted by Gasteiger charge is -2.29. The molecule has 0 bridgehead atoms. The van der Waals surface area contributed by atoms with Gasteiger partial charge >= 0.3 is 6.18 Å². The molecule has 1 amide bonds. The van der Waals surface area contributed by atoms with E-state index in [1.807, 2.05) is 12.1 Å². The molecule has 0 radical (unpaired) electrons. The van der Waals surface area contributed by atoms with E-state index in [1.165, 1.54) is 18.2 Å². The molecule has 1 unspecified atom stereocenters. The van der Waals surface area contributed by atoms with E-state index in [9.17, 15) is 28.5 Å². The summed E-state index contributed by atoms with van der Waals surface area (Å²) in [4.78, 5) is 12.9. The highest BCUT2D eigenvalue weighted by Gasteiger charge is 2.68. The highest BCUT2D eigenvalue weighted by molar-refractivity contribution is 5.81. The van der Waals surface area contributed by atoms with Crippen molar-refractivity contribution in [2.24, 2.45) is 11.1 Å². The van der Waals surface area contributed by atoms with Crippen LogP contribution in [0.2, 0.25) is 0 Å². The highest BCUT2D eigenvalue weighted by atomic mass is 19.4. The monoisotopic (exact) mass is 409 g/mol. The van der Waals surface area contributed by atoms with Crippen LogP contribution in [0, 0.1) is 28.1 Å². The number of fused-ring (bicyclic) bond motifs is 3. The minimum Gasteiger partial charge on any atom is -0.364 e. The maximum atomic E-state index is 13.8. The molecule has 5 nitrogen and oxygen atoms in total. The molecule has 0 saturated carbocycles. The number of nitrogens with one attached hydrogen (secondary N) is 1. The van der Waals surface area contributed by atoms with Crippen molar-refractivity contribution >= 4 is 12.0 Å². The SMILES string of the molecule is N#CC1(C#N)[C@@H]2c3ccccc3C=C[NH+]2[C@@H](C(N)=O)[C@@H]1c1ccccc1C(F)(F)F. The van der Waals surface area contributed by atoms with Gasteiger partial charge in [-0.2, -0.15) is 23.7 Å². The molecule has 2 aliphatic heterocycles. The summed E-state index contributed by atoms with van der Waals surface area (Å²) in [5, 5.41) is 20.3. The van der Waals surface area contributed by atoms with Gasteiger partial charge in [0.1, 0.15) is 0 Å². The number of primary amides is 1. The molecule has 150 valence electrons. The van der Waals surface area contributed by atoms with Crippen molar-refractivity contribution in [1.29, 1.82) is 10.5 Å². The zero-order chi connectivity index (χ0) is 21.7. The topological polar surface area (TPSA) is 95.1 Å². The molecule has 4 rings (SSSR count). The lowest BCUT2D eigenvalue weighted by Crippen LogP contribution is -3.12. The Morgan fingerprint density at radius 2 is 1.63 bits per heavy atom. The van der Waals surface area contributed by atoms with Crippen LogP contribution < -0.4 is 10.6 Å². The first kappa shape index (κ1) is 19.7. The van der Waals surface area contributed by atoms with Crippen LogP contribution in [0.15, 0.2) is 54.7 Å². The van der Waals surface area contributed by atoms with E-state index >= 15 is 0 Å². The van der Waals surface area contributed by atoms with E-state index in [1.54, 1.807) is 36.5 Å². The van der Waals surface area contributed by atoms with E-state index in [0.29, 0.717) is 10.5 Å². The number of alkyl halides is 3. The Labute approximate surface area is 170 Å². The standard InChI is InChI=1S/C22H15F3N4O/c23-22(24,25)16-8-4-3-7-15(16)17-18(20(28)30)29-10-9-13-5-1-2-6-14(13)19(29)21(17,11-26)12-27/h1-10,17-19H,(H2,28,30)/p+1/t17-,18+,19-/m0/s1. The number of rotatable bonds is 2. The van der Waals surface area contributed by atoms with Gasteiger partial charge in [0.2, 0.25) is 5.41 Å². The number of amides is 1. The van der Waals surface area contributed by atoms with E-state index in [0.717, 1.165) is 11.6 Å². The number of halogens is 3. The number of hydrogen-bond donors (Lipinski definition) is 2. The molecule has 0 aliphatic carbocycles. The average molecular weight is 409 g/mol. The molecule has 2 aromatic rings. The van der Waals surface area contributed by atoms with Gasteiger partial charge < -0.3 is 5.73 Å². The Hall–Kier alpha value is -3.62. The predicted molar refractivity (Wildman–Crippen MR) is 100 cm³/mol. The van der Waals surface area contributed by atoms with Gasteiger partial charge in [-0.1, -0.05) is 42.5 Å². The lowest BCUT2D eigenvalue weighted by atomic mass is 9.67. The number of nitrogens with two attached hydrogens (primary N) is 1. The largest absolute Gasteiger partial charge is 0.416 e. The van der Waals surface area contributed by atoms with Crippen molar-refractivity contribution < 1.29 is 22.9 Å². The van der Waals surface area contributed by atoms with Crippen LogP contribution in [-0.2, 0) is 11.0 Å². The average Bonchev–Trinajstić information content (AvgIpc) is 3.04. The number of carbonyl (C=O) groups is 1. The van der Waals surface area contributed by atoms with E-state index in [4.69, 9.17) is 5.73 Å². The van der Waals surface area contributed by atoms with Gasteiger partial charge in [-0.3, -0.25) is 9.69 Å². The van der Waals surface area contributed by atoms with Gasteiger partial charge in [0.25, 0.3) is 5.91 Å². The van der Waals surface area contributed by atoms with E-state index in [2.05, 4.69) is 0 Å². The first-order valence-electron chi connectivity index (χ1n) is 9.18. The third-order valence-corrected chi connectivity index (χ3v) is 6.01. The summed E-state index contributed by atoms with van der Waals surface area (Å²) < 4.78 is 41.4. The molecule has 30 heavy (non-hydrogen) atoms. The zero-order valence-electron chi connectivity index (χ0n) is 15.5. The number of nitriles is 2. The first-order chi connectivity index (χ1) is 14.3. The first-order valence-corrected chi connectivity index (χ1v) is 9.18. The summed E-state index contributed by atoms with van der Waals surface area (Å²) >= 11 is 0. The lowest BCUT2D eigenvalue weighted by molar-refractivity contribution is -0.885. The molecule has 2 aromatic carbocycles. The van der Waals surface area contributed by atoms with Crippen LogP contribution in [-0.4, -0.2) is 11.9 Å². The van der Waals surface area contributed by atoms with Crippen LogP contribution in [0.25, 0.3) is 6.08 Å². The van der Waals surface area contributed by atoms with Gasteiger partial charge in [0.05, 0.1) is 29.8 Å². The Kier molecular flexibility index (Phi) is 4.41. The van der Waals surface area contributed by atoms with Crippen molar-refractivity contribution in [3.8, 4) is 12.1 Å². The smallest absolute Gasteiger partial charge is 0.364 e. The number of nitrogens with zero attached hydrogens (tertiary/aromatic N) is 2. The van der Waals surface area contributed by atoms with Crippen molar-refractivity contribution in [3.05, 3.63) is 77.0 Å². The summed E-state index contributed by atoms with van der Waals surface area (Å²) in [6, 6.07) is 13.7. The van der Waals surface area contributed by atoms with Crippen molar-refractivity contribution in [1.82, 2.24) is 0 Å². The van der Waals surface area contributed by atoms with Gasteiger partial charge in [0, 0.05) is 5.56 Å². The van der Waals surface area contributed by atoms with Crippen LogP contribution in [0.1, 0.15) is 34.2 Å². The summed E-state index contributed by atoms with van der Waals surface area (Å²) in [6.07, 6.45) is -1.38. The maximum Gasteiger partial charge on any atom is 0.416 e. The van der Waals surface area contributed by atoms with Gasteiger partial charge in [-0.25, -0.2) is 0 Å². The van der Waals surface area contributed by atoms with E-state index < -0.39 is 41.1 Å². The summed E-state index contributed by atoms with van der Waals surface area (Å²) in [7, 11) is 0. The normalized spacial score (nSPS) is 26.2. The van der Waals surface area contributed by atoms with Crippen LogP contribution >= 0.6 is 0 Å². The van der Waals surface area contributed by atoms with E-state index in [-0.39, 0.29) is 5.56 Å². The molecule has 3 N–H and O–H groups in total. The highest BCUT2D eigenvalue weighted by Crippen LogP contribution is 2.53. The molecule has 1 saturated heterocycles. The molecule has 1 fully saturated rings. The molecule has 2 aliphatic rings. The van der Waals surface area contributed by atoms with Crippen LogP contribution in [0.5, 0.6) is 0 Å². The minimum absolute atomic E-state index is 0.273. The van der Waals surface area contributed by atoms with Gasteiger partial charge in [-0.05, 0) is 23.3 Å². The molecule has 0 aromatic heterocycles. The molecule has 4 atom stereocenters. The van der Waals surface area contributed by atoms with Crippen molar-refractivity contribution in [3.63, 3.8) is 0 Å². The van der Waals surface area contributed by atoms with Crippen molar-refractivity contribution in [2.45, 2.75) is 24.2 Å². The van der Waals surface area contributed by atoms with Crippen LogP contribution in [0.3, 0.4) is 0 Å². The van der Waals surface area contributed by atoms with Crippen LogP contribution in [0.4, 0.5) is 13.2 Å². The molecular weight excluding hydrogens is 393 g/mol. The molecule has 0 spiro atoms. The number of benzene rings is 2. The summed E-state index contributed by atoms with van der Waals surface area (Å²) in [5.74, 6) is -2.23. The Balaban J connectivity index is 2.05. The fourth-order valence-corrected chi connectivity index (χ4v) is 4.89. The molecule has 8 heteroatoms. The second kappa shape index (κ2) is 6.72. The quantitative estimate of drug-likeness (QED) is 0.797. The third-order valence-electron chi connectivity index (χ3n) is 6.01. The van der Waals surface area contributed by atoms with Gasteiger partial charge in [0.15, 0.2) is 12.1 Å². The number of hydrogen-bond acceptors (Lipinski definition) is 3. The summed E-state index contributed by atoms with van der Waals surface area (Å²) in [6.45, 7) is 0. The second-order valence-corrected chi connectivity index (χ2v) is 7.43. The van der Waals surface area contributed by atoms with Crippen molar-refractivity contribution in [2.75, 3.05) is 0 Å². The maximum absolute atomic E-state index is 13.8. The predicted octanol–water partition coefficient (Wildman–Crippen LogP) is 2.30. The zero-order valence-corrected chi connectivity index (χ0v) is 15.5. The Morgan fingerprint density at radius 3 is 2.23 bits per heavy atom. The third kappa shape index (κ3) is 2.62. The van der Waals surface area contributed by atoms with Gasteiger partial charge in [-0.15, -0.1) is 0 Å². The fraction of sp³-hybridized carbons (Fsp3) is 0.227. The fourth-order valence-electron chi connectivity index (χ4n) is 4.89. The number of quaternary nitrogens is 1. The molecular formula is C22H16F3N4O+. The minimum atomic E-state index is -4.72. The Bertz CT molecular complexity index is 1130. The number of carbonyl (C=O) groups excluding carboxylic acids is 1. The Morgan fingerprint density at radius 1 is 1.03 bits per heavy atom. The summed E-state index contributed by atoms with van der Waals surface area (Å²) in [5.41, 5.74) is 3.83. The second-order valence-electron chi connectivity index (χ2n) is 7.43.